The van der Waals surface area contributed by atoms with Gasteiger partial charge in [0.05, 0.1) is 0 Å². The van der Waals surface area contributed by atoms with Crippen LogP contribution in [0.25, 0.3) is 0 Å². The Morgan fingerprint density at radius 2 is 1.81 bits per heavy atom. The Morgan fingerprint density at radius 3 is 2.56 bits per heavy atom. The van der Waals surface area contributed by atoms with E-state index in [-0.39, 0.29) is 0 Å². The molecule has 0 spiro atoms. The summed E-state index contributed by atoms with van der Waals surface area (Å²) in [7, 11) is 0. The Kier molecular flexibility index (Phi) is 5.40. The molecule has 2 atom stereocenters. The zero-order chi connectivity index (χ0) is 11.2. The van der Waals surface area contributed by atoms with Crippen molar-refractivity contribution >= 4 is 11.6 Å². The molecule has 16 heavy (non-hydrogen) atoms. The predicted octanol–water partition coefficient (Wildman–Crippen LogP) is 2.47. The van der Waals surface area contributed by atoms with E-state index in [9.17, 15) is 0 Å². The lowest BCUT2D eigenvalue weighted by Crippen LogP contribution is -2.42. The second kappa shape index (κ2) is 6.83. The van der Waals surface area contributed by atoms with Crippen molar-refractivity contribution in [3.05, 3.63) is 0 Å². The highest BCUT2D eigenvalue weighted by Gasteiger charge is 2.23. The van der Waals surface area contributed by atoms with Crippen LogP contribution in [0.2, 0.25) is 0 Å². The standard InChI is InChI=1S/C13H25ClN2/c14-11-12-5-1-2-6-13(12)15-7-10-16-8-3-4-9-16/h12-13,15H,1-11H2. The zero-order valence-corrected chi connectivity index (χ0v) is 11.0. The molecule has 1 saturated carbocycles. The molecule has 0 bridgehead atoms. The molecule has 0 aromatic carbocycles. The van der Waals surface area contributed by atoms with Gasteiger partial charge in [0.2, 0.25) is 0 Å². The van der Waals surface area contributed by atoms with Crippen molar-refractivity contribution in [1.82, 2.24) is 10.2 Å². The Labute approximate surface area is 105 Å². The van der Waals surface area contributed by atoms with Crippen LogP contribution >= 0.6 is 11.6 Å². The number of nitrogens with one attached hydrogen (secondary N) is 1. The maximum absolute atomic E-state index is 6.03. The molecule has 1 heterocycles. The average Bonchev–Trinajstić information content (AvgIpc) is 2.83. The van der Waals surface area contributed by atoms with Gasteiger partial charge in [0.1, 0.15) is 0 Å². The average molecular weight is 245 g/mol. The number of halogens is 1. The van der Waals surface area contributed by atoms with E-state index in [0.29, 0.717) is 12.0 Å². The van der Waals surface area contributed by atoms with Crippen LogP contribution in [0.15, 0.2) is 0 Å². The minimum Gasteiger partial charge on any atom is -0.312 e. The number of rotatable bonds is 5. The van der Waals surface area contributed by atoms with Crippen molar-refractivity contribution in [3.63, 3.8) is 0 Å². The molecule has 0 radical (unpaired) electrons. The molecule has 2 fully saturated rings. The number of nitrogens with zero attached hydrogens (tertiary/aromatic N) is 1. The summed E-state index contributed by atoms with van der Waals surface area (Å²) in [6.07, 6.45) is 8.21. The van der Waals surface area contributed by atoms with Gasteiger partial charge in [-0.1, -0.05) is 12.8 Å². The van der Waals surface area contributed by atoms with E-state index in [1.165, 1.54) is 58.2 Å². The third-order valence-electron chi connectivity index (χ3n) is 4.14. The first-order chi connectivity index (χ1) is 7.90. The Hall–Kier alpha value is 0.210. The normalized spacial score (nSPS) is 32.1. The van der Waals surface area contributed by atoms with Crippen LogP contribution in [0.4, 0.5) is 0 Å². The van der Waals surface area contributed by atoms with Gasteiger partial charge in [-0.2, -0.15) is 0 Å². The summed E-state index contributed by atoms with van der Waals surface area (Å²) in [5.74, 6) is 1.55. The fourth-order valence-electron chi connectivity index (χ4n) is 3.08. The lowest BCUT2D eigenvalue weighted by molar-refractivity contribution is 0.263. The van der Waals surface area contributed by atoms with E-state index < -0.39 is 0 Å². The molecule has 1 aliphatic carbocycles. The van der Waals surface area contributed by atoms with Crippen LogP contribution in [-0.2, 0) is 0 Å². The molecule has 2 unspecified atom stereocenters. The second-order valence-corrected chi connectivity index (χ2v) is 5.62. The van der Waals surface area contributed by atoms with Crippen molar-refractivity contribution in [2.45, 2.75) is 44.6 Å². The smallest absolute Gasteiger partial charge is 0.0266 e. The summed E-state index contributed by atoms with van der Waals surface area (Å²) in [5, 5.41) is 3.72. The highest BCUT2D eigenvalue weighted by Crippen LogP contribution is 2.25. The largest absolute Gasteiger partial charge is 0.312 e. The highest BCUT2D eigenvalue weighted by molar-refractivity contribution is 6.18. The van der Waals surface area contributed by atoms with Gasteiger partial charge in [-0.15, -0.1) is 11.6 Å². The first-order valence-electron chi connectivity index (χ1n) is 6.92. The second-order valence-electron chi connectivity index (χ2n) is 5.31. The molecular weight excluding hydrogens is 220 g/mol. The molecule has 1 saturated heterocycles. The third kappa shape index (κ3) is 3.61. The number of hydrogen-bond acceptors (Lipinski definition) is 2. The summed E-state index contributed by atoms with van der Waals surface area (Å²) in [5.41, 5.74) is 0. The van der Waals surface area contributed by atoms with Crippen LogP contribution in [0.5, 0.6) is 0 Å². The molecule has 0 amide bonds. The van der Waals surface area contributed by atoms with Gasteiger partial charge in [-0.25, -0.2) is 0 Å². The van der Waals surface area contributed by atoms with Crippen molar-refractivity contribution in [2.24, 2.45) is 5.92 Å². The van der Waals surface area contributed by atoms with Gasteiger partial charge in [0.15, 0.2) is 0 Å². The van der Waals surface area contributed by atoms with Gasteiger partial charge in [0.25, 0.3) is 0 Å². The Bertz CT molecular complexity index is 192. The molecular formula is C13H25ClN2. The van der Waals surface area contributed by atoms with Crippen molar-refractivity contribution in [1.29, 1.82) is 0 Å². The van der Waals surface area contributed by atoms with Crippen LogP contribution < -0.4 is 5.32 Å². The molecule has 2 aliphatic rings. The summed E-state index contributed by atoms with van der Waals surface area (Å²) >= 11 is 6.03. The summed E-state index contributed by atoms with van der Waals surface area (Å²) in [6.45, 7) is 5.00. The van der Waals surface area contributed by atoms with Gasteiger partial charge in [0, 0.05) is 25.0 Å². The molecule has 94 valence electrons. The van der Waals surface area contributed by atoms with Crippen molar-refractivity contribution in [2.75, 3.05) is 32.1 Å². The molecule has 0 aromatic rings. The minimum atomic E-state index is 0.689. The number of hydrogen-bond donors (Lipinski definition) is 1. The highest BCUT2D eigenvalue weighted by atomic mass is 35.5. The van der Waals surface area contributed by atoms with Crippen LogP contribution in [0, 0.1) is 5.92 Å². The third-order valence-corrected chi connectivity index (χ3v) is 4.54. The first-order valence-corrected chi connectivity index (χ1v) is 7.45. The SMILES string of the molecule is ClCC1CCCCC1NCCN1CCCC1. The molecule has 3 heteroatoms. The fourth-order valence-corrected chi connectivity index (χ4v) is 3.44. The Balaban J connectivity index is 1.63. The van der Waals surface area contributed by atoms with E-state index in [1.54, 1.807) is 0 Å². The molecule has 0 aromatic heterocycles. The number of likely N-dealkylation sites (tertiary alicyclic amines) is 1. The lowest BCUT2D eigenvalue weighted by Gasteiger charge is -2.31. The topological polar surface area (TPSA) is 15.3 Å². The van der Waals surface area contributed by atoms with Crippen LogP contribution in [0.3, 0.4) is 0 Å². The van der Waals surface area contributed by atoms with E-state index in [2.05, 4.69) is 10.2 Å². The first kappa shape index (κ1) is 12.7. The lowest BCUT2D eigenvalue weighted by atomic mass is 9.86. The van der Waals surface area contributed by atoms with Crippen molar-refractivity contribution in [3.8, 4) is 0 Å². The maximum Gasteiger partial charge on any atom is 0.0266 e. The van der Waals surface area contributed by atoms with Gasteiger partial charge in [-0.05, 0) is 44.7 Å². The van der Waals surface area contributed by atoms with E-state index >= 15 is 0 Å². The summed E-state index contributed by atoms with van der Waals surface area (Å²) in [4.78, 5) is 2.57. The van der Waals surface area contributed by atoms with Crippen LogP contribution in [0.1, 0.15) is 38.5 Å². The molecule has 1 N–H and O–H groups in total. The zero-order valence-electron chi connectivity index (χ0n) is 10.3. The van der Waals surface area contributed by atoms with Gasteiger partial charge < -0.3 is 10.2 Å². The summed E-state index contributed by atoms with van der Waals surface area (Å²) < 4.78 is 0. The van der Waals surface area contributed by atoms with Gasteiger partial charge in [-0.3, -0.25) is 0 Å². The molecule has 1 aliphatic heterocycles. The maximum atomic E-state index is 6.03. The minimum absolute atomic E-state index is 0.689. The van der Waals surface area contributed by atoms with Crippen molar-refractivity contribution < 1.29 is 0 Å². The van der Waals surface area contributed by atoms with E-state index in [4.69, 9.17) is 11.6 Å². The summed E-state index contributed by atoms with van der Waals surface area (Å²) in [6, 6.07) is 0.689. The van der Waals surface area contributed by atoms with Crippen LogP contribution in [-0.4, -0.2) is 43.0 Å². The van der Waals surface area contributed by atoms with E-state index in [1.807, 2.05) is 0 Å². The monoisotopic (exact) mass is 244 g/mol. The fraction of sp³-hybridized carbons (Fsp3) is 1.00. The Morgan fingerprint density at radius 1 is 1.06 bits per heavy atom. The van der Waals surface area contributed by atoms with E-state index in [0.717, 1.165) is 12.4 Å². The molecule has 2 nitrogen and oxygen atoms in total. The predicted molar refractivity (Wildman–Crippen MR) is 70.1 cm³/mol. The number of alkyl halides is 1. The molecule has 2 rings (SSSR count). The quantitative estimate of drug-likeness (QED) is 0.748. The van der Waals surface area contributed by atoms with Gasteiger partial charge >= 0.3 is 0 Å².